The maximum Gasteiger partial charge on any atom is 0.0906 e. The van der Waals surface area contributed by atoms with E-state index in [1.54, 1.807) is 0 Å². The van der Waals surface area contributed by atoms with E-state index in [0.717, 1.165) is 29.2 Å². The average molecular weight is 442 g/mol. The zero-order valence-corrected chi connectivity index (χ0v) is 20.4. The predicted octanol–water partition coefficient (Wildman–Crippen LogP) is 8.26. The first kappa shape index (κ1) is 25.3. The molecule has 170 valence electrons. The van der Waals surface area contributed by atoms with Gasteiger partial charge >= 0.3 is 0 Å². The van der Waals surface area contributed by atoms with E-state index in [4.69, 9.17) is 4.99 Å². The molecule has 3 rings (SSSR count). The average Bonchev–Trinajstić information content (AvgIpc) is 3.48. The molecule has 0 radical (unpaired) electrons. The summed E-state index contributed by atoms with van der Waals surface area (Å²) in [5, 5.41) is 0. The van der Waals surface area contributed by atoms with Gasteiger partial charge in [0.05, 0.1) is 17.1 Å². The van der Waals surface area contributed by atoms with Crippen LogP contribution in [0.25, 0.3) is 6.08 Å². The summed E-state index contributed by atoms with van der Waals surface area (Å²) in [6, 6.07) is 8.53. The van der Waals surface area contributed by atoms with Crippen LogP contribution in [-0.4, -0.2) is 15.7 Å². The fourth-order valence-corrected chi connectivity index (χ4v) is 4.14. The number of nitrogens with zero attached hydrogens (tertiary/aromatic N) is 1. The maximum absolute atomic E-state index is 4.89. The molecular weight excluding hydrogens is 402 g/mol. The Balaban J connectivity index is 0.00000341. The number of H-pyrrole nitrogens is 2. The zero-order valence-electron chi connectivity index (χ0n) is 19.5. The van der Waals surface area contributed by atoms with Gasteiger partial charge in [0.15, 0.2) is 0 Å². The van der Waals surface area contributed by atoms with Crippen molar-refractivity contribution in [1.82, 2.24) is 9.97 Å². The van der Waals surface area contributed by atoms with E-state index in [1.165, 1.54) is 69.1 Å². The summed E-state index contributed by atoms with van der Waals surface area (Å²) in [6.45, 7) is 6.74. The molecule has 31 heavy (non-hydrogen) atoms. The number of nitrogens with one attached hydrogen (secondary N) is 2. The highest BCUT2D eigenvalue weighted by Gasteiger charge is 2.20. The van der Waals surface area contributed by atoms with Gasteiger partial charge in [-0.1, -0.05) is 72.1 Å². The van der Waals surface area contributed by atoms with Crippen LogP contribution in [0.5, 0.6) is 0 Å². The first-order chi connectivity index (χ1) is 14.7. The van der Waals surface area contributed by atoms with Crippen LogP contribution >= 0.6 is 12.4 Å². The lowest BCUT2D eigenvalue weighted by atomic mass is 9.97. The van der Waals surface area contributed by atoms with Gasteiger partial charge < -0.3 is 9.97 Å². The second-order valence-electron chi connectivity index (χ2n) is 8.89. The Hall–Kier alpha value is -2.00. The van der Waals surface area contributed by atoms with Crippen molar-refractivity contribution in [3.8, 4) is 0 Å². The van der Waals surface area contributed by atoms with Gasteiger partial charge in [-0.2, -0.15) is 0 Å². The summed E-state index contributed by atoms with van der Waals surface area (Å²) < 4.78 is 0. The van der Waals surface area contributed by atoms with Gasteiger partial charge in [-0.3, -0.25) is 0 Å². The minimum atomic E-state index is 0. The lowest BCUT2D eigenvalue weighted by molar-refractivity contribution is 0.564. The van der Waals surface area contributed by atoms with Crippen molar-refractivity contribution in [2.75, 3.05) is 0 Å². The summed E-state index contributed by atoms with van der Waals surface area (Å²) in [6.07, 6.45) is 19.9. The van der Waals surface area contributed by atoms with Gasteiger partial charge in [-0.05, 0) is 60.8 Å². The molecule has 3 nitrogen and oxygen atoms in total. The number of rotatable bonds is 13. The van der Waals surface area contributed by atoms with Crippen molar-refractivity contribution in [3.05, 3.63) is 64.9 Å². The van der Waals surface area contributed by atoms with Crippen LogP contribution in [0.4, 0.5) is 0 Å². The van der Waals surface area contributed by atoms with Crippen molar-refractivity contribution in [3.63, 3.8) is 0 Å². The van der Waals surface area contributed by atoms with Gasteiger partial charge in [0.2, 0.25) is 0 Å². The molecule has 0 fully saturated rings. The number of aromatic amines is 2. The third-order valence-electron chi connectivity index (χ3n) is 5.91. The van der Waals surface area contributed by atoms with Crippen molar-refractivity contribution in [2.24, 2.45) is 10.9 Å². The molecule has 0 atom stereocenters. The van der Waals surface area contributed by atoms with Gasteiger partial charge in [0.1, 0.15) is 0 Å². The molecule has 0 aliphatic carbocycles. The summed E-state index contributed by atoms with van der Waals surface area (Å²) >= 11 is 0. The summed E-state index contributed by atoms with van der Waals surface area (Å²) in [7, 11) is 0. The maximum atomic E-state index is 4.89. The van der Waals surface area contributed by atoms with E-state index in [0.29, 0.717) is 5.92 Å². The summed E-state index contributed by atoms with van der Waals surface area (Å²) in [5.41, 5.74) is 6.97. The second kappa shape index (κ2) is 13.4. The number of halogens is 1. The molecule has 1 aliphatic rings. The van der Waals surface area contributed by atoms with Crippen LogP contribution in [0, 0.1) is 5.92 Å². The van der Waals surface area contributed by atoms with Crippen molar-refractivity contribution >= 4 is 24.2 Å². The molecule has 0 bridgehead atoms. The van der Waals surface area contributed by atoms with E-state index in [9.17, 15) is 0 Å². The molecule has 0 saturated heterocycles. The smallest absolute Gasteiger partial charge is 0.0906 e. The number of hydrogen-bond donors (Lipinski definition) is 2. The normalized spacial score (nSPS) is 14.8. The Morgan fingerprint density at radius 2 is 1.65 bits per heavy atom. The Labute approximate surface area is 195 Å². The van der Waals surface area contributed by atoms with Crippen LogP contribution in [0.1, 0.15) is 95.6 Å². The molecular formula is C27H40ClN3. The quantitative estimate of drug-likeness (QED) is 0.294. The minimum absolute atomic E-state index is 0. The van der Waals surface area contributed by atoms with E-state index >= 15 is 0 Å². The first-order valence-electron chi connectivity index (χ1n) is 12.0. The van der Waals surface area contributed by atoms with Crippen LogP contribution < -0.4 is 0 Å². The highest BCUT2D eigenvalue weighted by atomic mass is 35.5. The third-order valence-corrected chi connectivity index (χ3v) is 5.91. The highest BCUT2D eigenvalue weighted by molar-refractivity contribution is 6.14. The fourth-order valence-electron chi connectivity index (χ4n) is 4.14. The van der Waals surface area contributed by atoms with Gasteiger partial charge in [0, 0.05) is 17.6 Å². The van der Waals surface area contributed by atoms with Crippen LogP contribution in [0.3, 0.4) is 0 Å². The Bertz CT molecular complexity index is 853. The van der Waals surface area contributed by atoms with Crippen molar-refractivity contribution in [1.29, 1.82) is 0 Å². The molecule has 0 amide bonds. The topological polar surface area (TPSA) is 43.9 Å². The number of aromatic nitrogens is 2. The number of allylic oxidation sites excluding steroid dienone is 2. The SMILES string of the molecule is CCCCCCCCCCCc1ccc(C=C2C=C(C(C)C)C(c3ccc[nH]3)=N2)[nH]1.Cl. The molecule has 1 aliphatic heterocycles. The fraction of sp³-hybridized carbons (Fsp3) is 0.519. The minimum Gasteiger partial charge on any atom is -0.360 e. The van der Waals surface area contributed by atoms with Gasteiger partial charge in [0.25, 0.3) is 0 Å². The lowest BCUT2D eigenvalue weighted by Crippen LogP contribution is -2.07. The summed E-state index contributed by atoms with van der Waals surface area (Å²) in [5.74, 6) is 0.448. The first-order valence-corrected chi connectivity index (χ1v) is 12.0. The van der Waals surface area contributed by atoms with Crippen LogP contribution in [-0.2, 0) is 6.42 Å². The number of aryl methyl sites for hydroxylation is 1. The molecule has 0 aromatic carbocycles. The number of hydrogen-bond acceptors (Lipinski definition) is 1. The van der Waals surface area contributed by atoms with E-state index in [-0.39, 0.29) is 12.4 Å². The van der Waals surface area contributed by atoms with Crippen molar-refractivity contribution < 1.29 is 0 Å². The zero-order chi connectivity index (χ0) is 21.2. The standard InChI is InChI=1S/C27H39N3.ClH/c1-4-5-6-7-8-9-10-11-12-14-22-16-17-23(29-22)19-24-20-25(21(2)3)27(30-24)26-15-13-18-28-26;/h13,15-21,28-29H,4-12,14H2,1-3H3;1H. The van der Waals surface area contributed by atoms with E-state index in [2.05, 4.69) is 61.1 Å². The Morgan fingerprint density at radius 1 is 0.935 bits per heavy atom. The molecule has 2 aromatic heterocycles. The van der Waals surface area contributed by atoms with E-state index < -0.39 is 0 Å². The van der Waals surface area contributed by atoms with Crippen molar-refractivity contribution in [2.45, 2.75) is 85.0 Å². The van der Waals surface area contributed by atoms with Gasteiger partial charge in [-0.25, -0.2) is 4.99 Å². The number of aliphatic imine (C=N–C) groups is 1. The Morgan fingerprint density at radius 3 is 2.29 bits per heavy atom. The molecule has 2 N–H and O–H groups in total. The molecule has 0 unspecified atom stereocenters. The molecule has 2 aromatic rings. The monoisotopic (exact) mass is 441 g/mol. The Kier molecular flexibility index (Phi) is 10.9. The van der Waals surface area contributed by atoms with E-state index in [1.807, 2.05) is 12.3 Å². The lowest BCUT2D eigenvalue weighted by Gasteiger charge is -2.08. The second-order valence-corrected chi connectivity index (χ2v) is 8.89. The van der Waals surface area contributed by atoms with Crippen LogP contribution in [0.2, 0.25) is 0 Å². The largest absolute Gasteiger partial charge is 0.360 e. The molecule has 3 heterocycles. The summed E-state index contributed by atoms with van der Waals surface area (Å²) in [4.78, 5) is 11.8. The predicted molar refractivity (Wildman–Crippen MR) is 137 cm³/mol. The van der Waals surface area contributed by atoms with Crippen LogP contribution in [0.15, 0.2) is 52.8 Å². The van der Waals surface area contributed by atoms with Gasteiger partial charge in [-0.15, -0.1) is 12.4 Å². The highest BCUT2D eigenvalue weighted by Crippen LogP contribution is 2.27. The third kappa shape index (κ3) is 7.88. The number of unbranched alkanes of at least 4 members (excludes halogenated alkanes) is 8. The molecule has 4 heteroatoms. The molecule has 0 spiro atoms. The molecule has 0 saturated carbocycles.